The van der Waals surface area contributed by atoms with Crippen LogP contribution in [0.4, 0.5) is 0 Å². The number of ether oxygens (including phenoxy) is 2. The summed E-state index contributed by atoms with van der Waals surface area (Å²) in [4.78, 5) is 0. The Labute approximate surface area is 97.0 Å². The molecule has 0 amide bonds. The van der Waals surface area contributed by atoms with Crippen LogP contribution < -0.4 is 9.47 Å². The van der Waals surface area contributed by atoms with Crippen LogP contribution in [0.1, 0.15) is 32.3 Å². The minimum Gasteiger partial charge on any atom is -0.494 e. The van der Waals surface area contributed by atoms with Gasteiger partial charge in [0.05, 0.1) is 19.8 Å². The summed E-state index contributed by atoms with van der Waals surface area (Å²) >= 11 is 0. The standard InChI is InChI=1S/C13H20O3/c1-3-5-6-16-13-8-11(10-14)7-12(9-13)15-4-2/h7-9,14H,3-6,10H2,1-2H3. The normalized spacial score (nSPS) is 10.2. The third kappa shape index (κ3) is 4.11. The second-order valence-corrected chi connectivity index (χ2v) is 3.61. The molecule has 0 aliphatic carbocycles. The van der Waals surface area contributed by atoms with Gasteiger partial charge >= 0.3 is 0 Å². The smallest absolute Gasteiger partial charge is 0.123 e. The number of aliphatic hydroxyl groups excluding tert-OH is 1. The van der Waals surface area contributed by atoms with E-state index in [0.717, 1.165) is 29.9 Å². The Morgan fingerprint density at radius 3 is 2.31 bits per heavy atom. The van der Waals surface area contributed by atoms with Gasteiger partial charge in [0.2, 0.25) is 0 Å². The molecule has 0 spiro atoms. The molecule has 0 bridgehead atoms. The summed E-state index contributed by atoms with van der Waals surface area (Å²) < 4.78 is 11.0. The Balaban J connectivity index is 2.69. The quantitative estimate of drug-likeness (QED) is 0.724. The lowest BCUT2D eigenvalue weighted by Crippen LogP contribution is -1.99. The van der Waals surface area contributed by atoms with Crippen LogP contribution in [-0.4, -0.2) is 18.3 Å². The fourth-order valence-corrected chi connectivity index (χ4v) is 1.39. The van der Waals surface area contributed by atoms with Gasteiger partial charge in [0.1, 0.15) is 11.5 Å². The van der Waals surface area contributed by atoms with E-state index in [1.54, 1.807) is 0 Å². The third-order valence-corrected chi connectivity index (χ3v) is 2.20. The van der Waals surface area contributed by atoms with Crippen LogP contribution in [0.25, 0.3) is 0 Å². The lowest BCUT2D eigenvalue weighted by Gasteiger charge is -2.10. The maximum atomic E-state index is 9.12. The molecule has 1 aromatic rings. The van der Waals surface area contributed by atoms with Gasteiger partial charge in [0.15, 0.2) is 0 Å². The first-order valence-corrected chi connectivity index (χ1v) is 5.80. The average Bonchev–Trinajstić information content (AvgIpc) is 2.29. The molecule has 3 heteroatoms. The molecule has 0 fully saturated rings. The summed E-state index contributed by atoms with van der Waals surface area (Å²) in [7, 11) is 0. The number of rotatable bonds is 7. The first-order valence-electron chi connectivity index (χ1n) is 5.80. The van der Waals surface area contributed by atoms with Crippen molar-refractivity contribution in [2.45, 2.75) is 33.3 Å². The second kappa shape index (κ2) is 7.12. The van der Waals surface area contributed by atoms with Gasteiger partial charge in [0, 0.05) is 6.07 Å². The van der Waals surface area contributed by atoms with Crippen molar-refractivity contribution in [1.82, 2.24) is 0 Å². The number of unbranched alkanes of at least 4 members (excludes halogenated alkanes) is 1. The first-order chi connectivity index (χ1) is 7.80. The van der Waals surface area contributed by atoms with E-state index in [2.05, 4.69) is 6.92 Å². The molecule has 0 heterocycles. The summed E-state index contributed by atoms with van der Waals surface area (Å²) in [5.74, 6) is 1.52. The lowest BCUT2D eigenvalue weighted by molar-refractivity contribution is 0.275. The summed E-state index contributed by atoms with van der Waals surface area (Å²) in [5, 5.41) is 9.12. The summed E-state index contributed by atoms with van der Waals surface area (Å²) in [6, 6.07) is 5.53. The van der Waals surface area contributed by atoms with Crippen LogP contribution in [0.2, 0.25) is 0 Å². The topological polar surface area (TPSA) is 38.7 Å². The van der Waals surface area contributed by atoms with Gasteiger partial charge in [-0.3, -0.25) is 0 Å². The fourth-order valence-electron chi connectivity index (χ4n) is 1.39. The minimum absolute atomic E-state index is 0.00501. The Morgan fingerprint density at radius 1 is 1.06 bits per heavy atom. The van der Waals surface area contributed by atoms with Crippen molar-refractivity contribution in [3.8, 4) is 11.5 Å². The monoisotopic (exact) mass is 224 g/mol. The Morgan fingerprint density at radius 2 is 1.75 bits per heavy atom. The summed E-state index contributed by atoms with van der Waals surface area (Å²) in [5.41, 5.74) is 0.817. The van der Waals surface area contributed by atoms with Gasteiger partial charge in [-0.15, -0.1) is 0 Å². The highest BCUT2D eigenvalue weighted by atomic mass is 16.5. The molecule has 0 radical (unpaired) electrons. The van der Waals surface area contributed by atoms with Gasteiger partial charge in [-0.2, -0.15) is 0 Å². The van der Waals surface area contributed by atoms with E-state index in [9.17, 15) is 0 Å². The Kier molecular flexibility index (Phi) is 5.72. The predicted octanol–water partition coefficient (Wildman–Crippen LogP) is 2.76. The Bertz CT molecular complexity index is 310. The SMILES string of the molecule is CCCCOc1cc(CO)cc(OCC)c1. The van der Waals surface area contributed by atoms with Crippen LogP contribution in [0.3, 0.4) is 0 Å². The number of aliphatic hydroxyl groups is 1. The van der Waals surface area contributed by atoms with Crippen molar-refractivity contribution in [3.05, 3.63) is 23.8 Å². The van der Waals surface area contributed by atoms with Gasteiger partial charge in [-0.1, -0.05) is 13.3 Å². The third-order valence-electron chi connectivity index (χ3n) is 2.20. The molecule has 0 atom stereocenters. The van der Waals surface area contributed by atoms with Crippen molar-refractivity contribution < 1.29 is 14.6 Å². The highest BCUT2D eigenvalue weighted by molar-refractivity contribution is 5.38. The molecule has 1 rings (SSSR count). The van der Waals surface area contributed by atoms with Crippen molar-refractivity contribution >= 4 is 0 Å². The molecule has 0 aromatic heterocycles. The van der Waals surface area contributed by atoms with E-state index < -0.39 is 0 Å². The molecular formula is C13H20O3. The summed E-state index contributed by atoms with van der Waals surface area (Å²) in [6.45, 7) is 5.38. The van der Waals surface area contributed by atoms with Crippen LogP contribution in [0.5, 0.6) is 11.5 Å². The van der Waals surface area contributed by atoms with Gasteiger partial charge < -0.3 is 14.6 Å². The lowest BCUT2D eigenvalue weighted by atomic mass is 10.2. The minimum atomic E-state index is 0.00501. The zero-order valence-electron chi connectivity index (χ0n) is 10.0. The molecule has 0 aliphatic rings. The van der Waals surface area contributed by atoms with E-state index >= 15 is 0 Å². The number of benzene rings is 1. The maximum Gasteiger partial charge on any atom is 0.123 e. The van der Waals surface area contributed by atoms with Gasteiger partial charge in [0.25, 0.3) is 0 Å². The van der Waals surface area contributed by atoms with E-state index in [1.165, 1.54) is 0 Å². The van der Waals surface area contributed by atoms with E-state index in [1.807, 2.05) is 25.1 Å². The molecule has 90 valence electrons. The van der Waals surface area contributed by atoms with Gasteiger partial charge in [-0.25, -0.2) is 0 Å². The predicted molar refractivity (Wildman–Crippen MR) is 63.9 cm³/mol. The molecular weight excluding hydrogens is 204 g/mol. The molecule has 16 heavy (non-hydrogen) atoms. The van der Waals surface area contributed by atoms with Crippen molar-refractivity contribution in [1.29, 1.82) is 0 Å². The number of hydrogen-bond donors (Lipinski definition) is 1. The highest BCUT2D eigenvalue weighted by Gasteiger charge is 2.02. The highest BCUT2D eigenvalue weighted by Crippen LogP contribution is 2.23. The number of hydrogen-bond acceptors (Lipinski definition) is 3. The van der Waals surface area contributed by atoms with Crippen LogP contribution in [0, 0.1) is 0 Å². The fraction of sp³-hybridized carbons (Fsp3) is 0.538. The maximum absolute atomic E-state index is 9.12. The largest absolute Gasteiger partial charge is 0.494 e. The van der Waals surface area contributed by atoms with E-state index in [4.69, 9.17) is 14.6 Å². The Hall–Kier alpha value is -1.22. The average molecular weight is 224 g/mol. The molecule has 1 N–H and O–H groups in total. The summed E-state index contributed by atoms with van der Waals surface area (Å²) in [6.07, 6.45) is 2.14. The zero-order valence-corrected chi connectivity index (χ0v) is 10.0. The van der Waals surface area contributed by atoms with E-state index in [-0.39, 0.29) is 6.61 Å². The van der Waals surface area contributed by atoms with Crippen LogP contribution in [0.15, 0.2) is 18.2 Å². The molecule has 0 saturated carbocycles. The molecule has 3 nitrogen and oxygen atoms in total. The first kappa shape index (κ1) is 12.8. The molecule has 0 aliphatic heterocycles. The van der Waals surface area contributed by atoms with Gasteiger partial charge in [-0.05, 0) is 31.0 Å². The van der Waals surface area contributed by atoms with Crippen molar-refractivity contribution in [3.63, 3.8) is 0 Å². The second-order valence-electron chi connectivity index (χ2n) is 3.61. The van der Waals surface area contributed by atoms with Crippen molar-refractivity contribution in [2.75, 3.05) is 13.2 Å². The molecule has 1 aromatic carbocycles. The zero-order chi connectivity index (χ0) is 11.8. The molecule has 0 unspecified atom stereocenters. The van der Waals surface area contributed by atoms with Crippen molar-refractivity contribution in [2.24, 2.45) is 0 Å². The van der Waals surface area contributed by atoms with Crippen LogP contribution >= 0.6 is 0 Å². The van der Waals surface area contributed by atoms with E-state index in [0.29, 0.717) is 13.2 Å². The van der Waals surface area contributed by atoms with Crippen LogP contribution in [-0.2, 0) is 6.61 Å². The molecule has 0 saturated heterocycles.